The fourth-order valence-corrected chi connectivity index (χ4v) is 4.52. The number of thiol groups is 1. The first-order chi connectivity index (χ1) is 18.6. The number of nitrogens with two attached hydrogens (primary N) is 2. The summed E-state index contributed by atoms with van der Waals surface area (Å²) in [4.78, 5) is 41.3. The zero-order chi connectivity index (χ0) is 28.3. The van der Waals surface area contributed by atoms with Gasteiger partial charge in [-0.25, -0.2) is 19.7 Å². The maximum absolute atomic E-state index is 12.1. The molecule has 17 heteroatoms. The molecule has 4 rings (SSSR count). The lowest BCUT2D eigenvalue weighted by molar-refractivity contribution is -0.136. The SMILES string of the molecule is COCn1cc(CN(CCC(S)C(=O)O)CCC2OC(n3cnc4c(N)ncnc43)C(O)C2O)c(N)nc1=O. The summed E-state index contributed by atoms with van der Waals surface area (Å²) in [6.07, 6.45) is 0.467. The van der Waals surface area contributed by atoms with E-state index in [0.717, 1.165) is 0 Å². The zero-order valence-corrected chi connectivity index (χ0v) is 22.0. The van der Waals surface area contributed by atoms with Gasteiger partial charge in [-0.2, -0.15) is 17.6 Å². The minimum Gasteiger partial charge on any atom is -0.480 e. The van der Waals surface area contributed by atoms with Crippen LogP contribution in [0.4, 0.5) is 11.6 Å². The Morgan fingerprint density at radius 1 is 1.23 bits per heavy atom. The molecule has 1 saturated heterocycles. The van der Waals surface area contributed by atoms with E-state index in [9.17, 15) is 24.9 Å². The molecule has 7 N–H and O–H groups in total. The fraction of sp³-hybridized carbons (Fsp3) is 0.545. The maximum Gasteiger partial charge on any atom is 0.351 e. The van der Waals surface area contributed by atoms with Gasteiger partial charge in [0.2, 0.25) is 0 Å². The van der Waals surface area contributed by atoms with E-state index in [2.05, 4.69) is 32.6 Å². The van der Waals surface area contributed by atoms with Crippen LogP contribution in [0.15, 0.2) is 23.6 Å². The monoisotopic (exact) mass is 565 g/mol. The van der Waals surface area contributed by atoms with Crippen LogP contribution in [0.1, 0.15) is 24.6 Å². The van der Waals surface area contributed by atoms with E-state index < -0.39 is 41.4 Å². The minimum atomic E-state index is -1.27. The Hall–Kier alpha value is -3.35. The highest BCUT2D eigenvalue weighted by molar-refractivity contribution is 7.81. The molecule has 16 nitrogen and oxygen atoms in total. The second kappa shape index (κ2) is 12.2. The Kier molecular flexibility index (Phi) is 8.98. The number of carboxylic acids is 1. The van der Waals surface area contributed by atoms with Crippen molar-refractivity contribution in [3.05, 3.63) is 34.9 Å². The number of methoxy groups -OCH3 is 1. The third-order valence-electron chi connectivity index (χ3n) is 6.50. The van der Waals surface area contributed by atoms with Gasteiger partial charge in [0.25, 0.3) is 0 Å². The molecule has 0 saturated carbocycles. The van der Waals surface area contributed by atoms with Crippen molar-refractivity contribution in [2.75, 3.05) is 31.7 Å². The molecule has 1 fully saturated rings. The predicted molar refractivity (Wildman–Crippen MR) is 140 cm³/mol. The molecule has 4 heterocycles. The van der Waals surface area contributed by atoms with Crippen LogP contribution < -0.4 is 17.2 Å². The number of aromatic nitrogens is 6. The van der Waals surface area contributed by atoms with E-state index in [0.29, 0.717) is 29.8 Å². The Morgan fingerprint density at radius 2 is 2.00 bits per heavy atom. The average Bonchev–Trinajstić information content (AvgIpc) is 3.45. The second-order valence-electron chi connectivity index (χ2n) is 9.16. The minimum absolute atomic E-state index is 0.0161. The number of nitrogens with zero attached hydrogens (tertiary/aromatic N) is 7. The van der Waals surface area contributed by atoms with Crippen molar-refractivity contribution in [1.29, 1.82) is 0 Å². The Balaban J connectivity index is 1.50. The number of imidazole rings is 1. The first-order valence-corrected chi connectivity index (χ1v) is 12.5. The van der Waals surface area contributed by atoms with Gasteiger partial charge in [-0.05, 0) is 12.8 Å². The van der Waals surface area contributed by atoms with E-state index >= 15 is 0 Å². The second-order valence-corrected chi connectivity index (χ2v) is 9.78. The van der Waals surface area contributed by atoms with E-state index in [1.807, 2.05) is 4.90 Å². The molecule has 0 aromatic carbocycles. The molecule has 212 valence electrons. The van der Waals surface area contributed by atoms with E-state index in [1.54, 1.807) is 0 Å². The number of aliphatic carboxylic acids is 1. The van der Waals surface area contributed by atoms with Crippen molar-refractivity contribution in [1.82, 2.24) is 34.0 Å². The quantitative estimate of drug-likeness (QED) is 0.136. The van der Waals surface area contributed by atoms with Gasteiger partial charge in [-0.3, -0.25) is 18.8 Å². The highest BCUT2D eigenvalue weighted by Gasteiger charge is 2.44. The molecule has 0 aliphatic carbocycles. The summed E-state index contributed by atoms with van der Waals surface area (Å²) in [6.45, 7) is 0.836. The third-order valence-corrected chi connectivity index (χ3v) is 6.98. The lowest BCUT2D eigenvalue weighted by Crippen LogP contribution is -2.36. The van der Waals surface area contributed by atoms with Gasteiger partial charge in [0, 0.05) is 38.5 Å². The van der Waals surface area contributed by atoms with Crippen LogP contribution in [0, 0.1) is 0 Å². The average molecular weight is 566 g/mol. The van der Waals surface area contributed by atoms with Crippen LogP contribution in [-0.2, 0) is 27.5 Å². The molecular formula is C22H31N9O7S. The Morgan fingerprint density at radius 3 is 2.72 bits per heavy atom. The van der Waals surface area contributed by atoms with Gasteiger partial charge in [0.05, 0.1) is 12.4 Å². The standard InChI is InChI=1S/C22H31N9O7S/c1-37-10-30-7-11(17(23)28-22(30)36)6-29(5-3-13(39)21(34)35)4-2-12-15(32)16(33)20(38-12)31-9-27-14-18(24)25-8-26-19(14)31/h7-9,12-13,15-16,20,32-33,39H,2-6,10H2,1H3,(H,34,35)(H2,23,28,36)(H2,24,25,26). The van der Waals surface area contributed by atoms with Crippen molar-refractivity contribution in [3.8, 4) is 0 Å². The summed E-state index contributed by atoms with van der Waals surface area (Å²) in [5.74, 6) is -0.835. The summed E-state index contributed by atoms with van der Waals surface area (Å²) in [6, 6.07) is 0. The van der Waals surface area contributed by atoms with Gasteiger partial charge in [0.1, 0.15) is 41.9 Å². The van der Waals surface area contributed by atoms with E-state index in [1.165, 1.54) is 35.1 Å². The summed E-state index contributed by atoms with van der Waals surface area (Å²) in [5, 5.41) is 29.9. The molecule has 1 aliphatic rings. The summed E-state index contributed by atoms with van der Waals surface area (Å²) < 4.78 is 13.8. The largest absolute Gasteiger partial charge is 0.480 e. The van der Waals surface area contributed by atoms with Gasteiger partial charge in [0.15, 0.2) is 17.7 Å². The number of aliphatic hydroxyl groups excluding tert-OH is 2. The topological polar surface area (TPSA) is 230 Å². The van der Waals surface area contributed by atoms with Gasteiger partial charge in [-0.15, -0.1) is 0 Å². The number of ether oxygens (including phenoxy) is 2. The zero-order valence-electron chi connectivity index (χ0n) is 21.1. The normalized spacial score (nSPS) is 22.1. The fourth-order valence-electron chi connectivity index (χ4n) is 4.40. The lowest BCUT2D eigenvalue weighted by atomic mass is 10.1. The lowest BCUT2D eigenvalue weighted by Gasteiger charge is -2.26. The number of carbonyl (C=O) groups is 1. The number of carboxylic acid groups (broad SMARTS) is 1. The van der Waals surface area contributed by atoms with Crippen LogP contribution in [-0.4, -0.2) is 99.0 Å². The van der Waals surface area contributed by atoms with Crippen LogP contribution >= 0.6 is 12.6 Å². The first-order valence-electron chi connectivity index (χ1n) is 12.0. The van der Waals surface area contributed by atoms with Gasteiger partial charge < -0.3 is 36.3 Å². The van der Waals surface area contributed by atoms with Crippen LogP contribution in [0.2, 0.25) is 0 Å². The molecule has 0 bridgehead atoms. The number of hydrogen-bond donors (Lipinski definition) is 6. The molecular weight excluding hydrogens is 534 g/mol. The molecule has 5 atom stereocenters. The molecule has 3 aromatic heterocycles. The van der Waals surface area contributed by atoms with Crippen LogP contribution in [0.5, 0.6) is 0 Å². The Labute approximate surface area is 227 Å². The molecule has 3 aromatic rings. The van der Waals surface area contributed by atoms with Crippen molar-refractivity contribution < 1.29 is 29.6 Å². The van der Waals surface area contributed by atoms with E-state index in [-0.39, 0.29) is 37.8 Å². The van der Waals surface area contributed by atoms with Crippen LogP contribution in [0.3, 0.4) is 0 Å². The summed E-state index contributed by atoms with van der Waals surface area (Å²) in [7, 11) is 1.44. The molecule has 0 amide bonds. The van der Waals surface area contributed by atoms with Gasteiger partial charge in [-0.1, -0.05) is 0 Å². The number of anilines is 2. The van der Waals surface area contributed by atoms with E-state index in [4.69, 9.17) is 20.9 Å². The van der Waals surface area contributed by atoms with Crippen molar-refractivity contribution in [3.63, 3.8) is 0 Å². The third kappa shape index (κ3) is 6.29. The smallest absolute Gasteiger partial charge is 0.351 e. The van der Waals surface area contributed by atoms with Crippen molar-refractivity contribution in [2.45, 2.75) is 55.9 Å². The highest BCUT2D eigenvalue weighted by atomic mass is 32.1. The molecule has 1 aliphatic heterocycles. The highest BCUT2D eigenvalue weighted by Crippen LogP contribution is 2.33. The predicted octanol–water partition coefficient (Wildman–Crippen LogP) is -1.56. The molecule has 39 heavy (non-hydrogen) atoms. The van der Waals surface area contributed by atoms with Gasteiger partial charge >= 0.3 is 11.7 Å². The van der Waals surface area contributed by atoms with Crippen molar-refractivity contribution in [2.24, 2.45) is 0 Å². The Bertz CT molecular complexity index is 1370. The summed E-state index contributed by atoms with van der Waals surface area (Å²) in [5.41, 5.74) is 12.5. The van der Waals surface area contributed by atoms with Crippen molar-refractivity contribution >= 4 is 41.4 Å². The number of fused-ring (bicyclic) bond motifs is 1. The first kappa shape index (κ1) is 28.7. The molecule has 5 unspecified atom stereocenters. The molecule has 0 radical (unpaired) electrons. The van der Waals surface area contributed by atoms with Crippen LogP contribution in [0.25, 0.3) is 11.2 Å². The number of aliphatic hydroxyl groups is 2. The number of nitrogen functional groups attached to an aromatic ring is 2. The summed E-state index contributed by atoms with van der Waals surface area (Å²) >= 11 is 4.12. The molecule has 0 spiro atoms. The maximum atomic E-state index is 12.1. The number of hydrogen-bond acceptors (Lipinski definition) is 14. The number of rotatable bonds is 12.